The molecule has 1 saturated heterocycles. The maximum absolute atomic E-state index is 12.8. The van der Waals surface area contributed by atoms with Crippen LogP contribution < -0.4 is 4.74 Å². The molecule has 1 aliphatic rings. The van der Waals surface area contributed by atoms with Crippen LogP contribution in [0.2, 0.25) is 5.02 Å². The van der Waals surface area contributed by atoms with Crippen LogP contribution in [0.4, 0.5) is 4.79 Å². The lowest BCUT2D eigenvalue weighted by Crippen LogP contribution is -2.27. The number of amides is 2. The number of benzene rings is 3. The third-order valence-corrected chi connectivity index (χ3v) is 6.12. The summed E-state index contributed by atoms with van der Waals surface area (Å²) in [6.07, 6.45) is 1.72. The number of aryl methyl sites for hydroxylation is 1. The Hall–Kier alpha value is -3.02. The molecule has 0 radical (unpaired) electrons. The smallest absolute Gasteiger partial charge is 0.293 e. The van der Waals surface area contributed by atoms with Gasteiger partial charge in [0.2, 0.25) is 0 Å². The van der Waals surface area contributed by atoms with Gasteiger partial charge in [0.1, 0.15) is 12.4 Å². The van der Waals surface area contributed by atoms with Crippen molar-refractivity contribution in [3.63, 3.8) is 0 Å². The number of rotatable bonds is 6. The quantitative estimate of drug-likeness (QED) is 0.405. The number of ether oxygens (including phenoxy) is 1. The molecule has 3 aromatic carbocycles. The van der Waals surface area contributed by atoms with Crippen molar-refractivity contribution >= 4 is 40.6 Å². The van der Waals surface area contributed by atoms with Gasteiger partial charge in [-0.1, -0.05) is 71.8 Å². The number of nitrogens with zero attached hydrogens (tertiary/aromatic N) is 1. The first kappa shape index (κ1) is 21.2. The fraction of sp³-hybridized carbons (Fsp3) is 0.120. The minimum atomic E-state index is -0.280. The van der Waals surface area contributed by atoms with Gasteiger partial charge in [-0.3, -0.25) is 14.5 Å². The Morgan fingerprint density at radius 1 is 1.00 bits per heavy atom. The van der Waals surface area contributed by atoms with Crippen LogP contribution in [0.15, 0.2) is 77.7 Å². The van der Waals surface area contributed by atoms with Crippen molar-refractivity contribution in [1.29, 1.82) is 0 Å². The van der Waals surface area contributed by atoms with E-state index in [-0.39, 0.29) is 17.7 Å². The maximum Gasteiger partial charge on any atom is 0.293 e. The summed E-state index contributed by atoms with van der Waals surface area (Å²) in [5.41, 5.74) is 3.74. The van der Waals surface area contributed by atoms with E-state index in [0.29, 0.717) is 22.3 Å². The molecule has 0 bridgehead atoms. The maximum atomic E-state index is 12.8. The molecule has 0 aliphatic carbocycles. The highest BCUT2D eigenvalue weighted by Crippen LogP contribution is 2.33. The van der Waals surface area contributed by atoms with Gasteiger partial charge in [0, 0.05) is 10.6 Å². The molecular weight excluding hydrogens is 430 g/mol. The highest BCUT2D eigenvalue weighted by molar-refractivity contribution is 8.18. The molecule has 3 aromatic rings. The largest absolute Gasteiger partial charge is 0.489 e. The summed E-state index contributed by atoms with van der Waals surface area (Å²) in [7, 11) is 0. The Labute approximate surface area is 190 Å². The first-order chi connectivity index (χ1) is 15.0. The van der Waals surface area contributed by atoms with Gasteiger partial charge in [-0.15, -0.1) is 0 Å². The van der Waals surface area contributed by atoms with Crippen molar-refractivity contribution in [3.05, 3.63) is 105 Å². The van der Waals surface area contributed by atoms with E-state index < -0.39 is 0 Å². The van der Waals surface area contributed by atoms with Gasteiger partial charge in [-0.05, 0) is 54.1 Å². The van der Waals surface area contributed by atoms with E-state index in [0.717, 1.165) is 34.0 Å². The minimum Gasteiger partial charge on any atom is -0.489 e. The normalized spacial score (nSPS) is 15.0. The molecule has 0 N–H and O–H groups in total. The third-order valence-electron chi connectivity index (χ3n) is 4.84. The number of hydrogen-bond donors (Lipinski definition) is 0. The molecular formula is C25H20ClNO3S. The Bertz CT molecular complexity index is 1160. The van der Waals surface area contributed by atoms with Crippen molar-refractivity contribution < 1.29 is 14.3 Å². The lowest BCUT2D eigenvalue weighted by Gasteiger charge is -2.12. The van der Waals surface area contributed by atoms with E-state index in [1.165, 1.54) is 4.90 Å². The molecule has 0 aromatic heterocycles. The minimum absolute atomic E-state index is 0.261. The van der Waals surface area contributed by atoms with E-state index in [4.69, 9.17) is 16.3 Å². The number of thioether (sulfide) groups is 1. The summed E-state index contributed by atoms with van der Waals surface area (Å²) in [5.74, 6) is 0.380. The van der Waals surface area contributed by atoms with E-state index in [9.17, 15) is 9.59 Å². The lowest BCUT2D eigenvalue weighted by molar-refractivity contribution is -0.123. The van der Waals surface area contributed by atoms with Gasteiger partial charge in [0.05, 0.1) is 11.4 Å². The molecule has 1 fully saturated rings. The second-order valence-corrected chi connectivity index (χ2v) is 8.61. The molecule has 6 heteroatoms. The van der Waals surface area contributed by atoms with E-state index in [1.54, 1.807) is 6.08 Å². The first-order valence-corrected chi connectivity index (χ1v) is 11.0. The Kier molecular flexibility index (Phi) is 6.44. The van der Waals surface area contributed by atoms with Gasteiger partial charge in [-0.25, -0.2) is 0 Å². The first-order valence-electron chi connectivity index (χ1n) is 9.77. The zero-order valence-electron chi connectivity index (χ0n) is 16.9. The van der Waals surface area contributed by atoms with Crippen molar-refractivity contribution in [2.24, 2.45) is 0 Å². The molecule has 0 spiro atoms. The number of hydrogen-bond acceptors (Lipinski definition) is 4. The second-order valence-electron chi connectivity index (χ2n) is 7.21. The van der Waals surface area contributed by atoms with Crippen LogP contribution in [-0.2, 0) is 17.9 Å². The predicted octanol–water partition coefficient (Wildman–Crippen LogP) is 6.46. The van der Waals surface area contributed by atoms with Crippen LogP contribution in [0.25, 0.3) is 6.08 Å². The zero-order valence-corrected chi connectivity index (χ0v) is 18.5. The molecule has 4 nitrogen and oxygen atoms in total. The summed E-state index contributed by atoms with van der Waals surface area (Å²) in [6, 6.07) is 22.7. The third kappa shape index (κ3) is 5.19. The lowest BCUT2D eigenvalue weighted by atomic mass is 10.1. The molecule has 4 rings (SSSR count). The van der Waals surface area contributed by atoms with Gasteiger partial charge < -0.3 is 4.74 Å². The van der Waals surface area contributed by atoms with Crippen LogP contribution >= 0.6 is 23.4 Å². The highest BCUT2D eigenvalue weighted by Gasteiger charge is 2.34. The van der Waals surface area contributed by atoms with Gasteiger partial charge in [0.25, 0.3) is 11.1 Å². The van der Waals surface area contributed by atoms with Crippen LogP contribution in [0.5, 0.6) is 5.75 Å². The van der Waals surface area contributed by atoms with E-state index >= 15 is 0 Å². The molecule has 0 atom stereocenters. The fourth-order valence-corrected chi connectivity index (χ4v) is 4.16. The molecule has 1 aliphatic heterocycles. The Morgan fingerprint density at radius 3 is 2.55 bits per heavy atom. The number of carbonyl (C=O) groups is 2. The summed E-state index contributed by atoms with van der Waals surface area (Å²) in [6.45, 7) is 2.61. The van der Waals surface area contributed by atoms with E-state index in [1.807, 2.05) is 79.7 Å². The average Bonchev–Trinajstić information content (AvgIpc) is 3.02. The van der Waals surface area contributed by atoms with Crippen LogP contribution in [0.3, 0.4) is 0 Å². The average molecular weight is 450 g/mol. The van der Waals surface area contributed by atoms with E-state index in [2.05, 4.69) is 0 Å². The van der Waals surface area contributed by atoms with Crippen molar-refractivity contribution in [3.8, 4) is 5.75 Å². The number of carbonyl (C=O) groups excluding carboxylic acids is 2. The molecule has 0 saturated carbocycles. The predicted molar refractivity (Wildman–Crippen MR) is 125 cm³/mol. The highest BCUT2D eigenvalue weighted by atomic mass is 35.5. The van der Waals surface area contributed by atoms with Crippen LogP contribution in [-0.4, -0.2) is 16.0 Å². The topological polar surface area (TPSA) is 46.6 Å². The Balaban J connectivity index is 1.46. The fourth-order valence-electron chi connectivity index (χ4n) is 3.13. The van der Waals surface area contributed by atoms with Crippen LogP contribution in [0, 0.1) is 6.92 Å². The molecule has 2 amide bonds. The summed E-state index contributed by atoms with van der Waals surface area (Å²) < 4.78 is 5.85. The molecule has 1 heterocycles. The summed E-state index contributed by atoms with van der Waals surface area (Å²) in [5, 5.41) is 0.392. The SMILES string of the molecule is Cc1ccc(CN2C(=O)S/C(=C\c3cccc(OCc4ccccc4Cl)c3)C2=O)cc1. The number of halogens is 1. The Morgan fingerprint density at radius 2 is 1.77 bits per heavy atom. The molecule has 156 valence electrons. The zero-order chi connectivity index (χ0) is 21.8. The molecule has 0 unspecified atom stereocenters. The standard InChI is InChI=1S/C25H20ClNO3S/c1-17-9-11-18(12-10-17)15-27-24(28)23(31-25(27)29)14-19-5-4-7-21(13-19)30-16-20-6-2-3-8-22(20)26/h2-14H,15-16H2,1H3/b23-14-. The van der Waals surface area contributed by atoms with Crippen molar-refractivity contribution in [2.75, 3.05) is 0 Å². The summed E-state index contributed by atoms with van der Waals surface area (Å²) in [4.78, 5) is 26.9. The van der Waals surface area contributed by atoms with Crippen LogP contribution in [0.1, 0.15) is 22.3 Å². The van der Waals surface area contributed by atoms with Crippen molar-refractivity contribution in [1.82, 2.24) is 4.90 Å². The van der Waals surface area contributed by atoms with Gasteiger partial charge >= 0.3 is 0 Å². The second kappa shape index (κ2) is 9.41. The molecule has 31 heavy (non-hydrogen) atoms. The summed E-state index contributed by atoms with van der Waals surface area (Å²) >= 11 is 7.14. The van der Waals surface area contributed by atoms with Gasteiger partial charge in [-0.2, -0.15) is 0 Å². The van der Waals surface area contributed by atoms with Crippen molar-refractivity contribution in [2.45, 2.75) is 20.1 Å². The monoisotopic (exact) mass is 449 g/mol. The number of imide groups is 1. The van der Waals surface area contributed by atoms with Gasteiger partial charge in [0.15, 0.2) is 0 Å².